The highest BCUT2D eigenvalue weighted by atomic mass is 32.2. The normalized spacial score (nSPS) is 16.8. The van der Waals surface area contributed by atoms with Gasteiger partial charge < -0.3 is 10.1 Å². The molecule has 2 atom stereocenters. The van der Waals surface area contributed by atoms with E-state index in [2.05, 4.69) is 10.3 Å². The molecule has 0 aliphatic carbocycles. The number of para-hydroxylation sites is 1. The largest absolute Gasteiger partial charge is 0.376 e. The number of amides is 1. The van der Waals surface area contributed by atoms with Crippen molar-refractivity contribution in [2.24, 2.45) is 0 Å². The van der Waals surface area contributed by atoms with Crippen molar-refractivity contribution in [3.63, 3.8) is 0 Å². The summed E-state index contributed by atoms with van der Waals surface area (Å²) in [6.45, 7) is 2.96. The van der Waals surface area contributed by atoms with Gasteiger partial charge in [0.05, 0.1) is 40.0 Å². The summed E-state index contributed by atoms with van der Waals surface area (Å²) in [5.74, 6) is -0.164. The number of rotatable bonds is 6. The molecule has 1 saturated heterocycles. The van der Waals surface area contributed by atoms with Gasteiger partial charge in [-0.1, -0.05) is 30.0 Å². The number of carbonyl (C=O) groups excluding carboxylic acids is 1. The van der Waals surface area contributed by atoms with Gasteiger partial charge in [-0.05, 0) is 56.2 Å². The Labute approximate surface area is 195 Å². The maximum Gasteiger partial charge on any atom is 0.262 e. The van der Waals surface area contributed by atoms with E-state index in [1.165, 1.54) is 11.8 Å². The molecule has 33 heavy (non-hydrogen) atoms. The minimum Gasteiger partial charge on any atom is -0.376 e. The highest BCUT2D eigenvalue weighted by Crippen LogP contribution is 2.27. The first-order valence-electron chi connectivity index (χ1n) is 11.0. The molecular formula is C25H24N4O3S. The van der Waals surface area contributed by atoms with Crippen molar-refractivity contribution < 1.29 is 9.53 Å². The van der Waals surface area contributed by atoms with Crippen LogP contribution in [-0.2, 0) is 16.1 Å². The predicted molar refractivity (Wildman–Crippen MR) is 131 cm³/mol. The molecule has 7 nitrogen and oxygen atoms in total. The second kappa shape index (κ2) is 9.33. The van der Waals surface area contributed by atoms with Crippen LogP contribution in [0, 0.1) is 0 Å². The second-order valence-corrected chi connectivity index (χ2v) is 9.40. The molecule has 168 valence electrons. The fourth-order valence-corrected chi connectivity index (χ4v) is 4.97. The van der Waals surface area contributed by atoms with Gasteiger partial charge >= 0.3 is 0 Å². The van der Waals surface area contributed by atoms with Gasteiger partial charge in [0.15, 0.2) is 5.16 Å². The van der Waals surface area contributed by atoms with E-state index in [1.807, 2.05) is 55.5 Å². The van der Waals surface area contributed by atoms with E-state index in [0.717, 1.165) is 23.7 Å². The van der Waals surface area contributed by atoms with Crippen molar-refractivity contribution in [3.8, 4) is 0 Å². The lowest BCUT2D eigenvalue weighted by molar-refractivity contribution is -0.115. The van der Waals surface area contributed by atoms with Crippen LogP contribution in [0.1, 0.15) is 19.8 Å². The van der Waals surface area contributed by atoms with Crippen LogP contribution in [0.3, 0.4) is 0 Å². The SMILES string of the molecule is CC(Sc1nc2ccccc2c(=O)n1CC1CCCO1)C(=O)Nc1cccc2ncccc12. The van der Waals surface area contributed by atoms with E-state index >= 15 is 0 Å². The first kappa shape index (κ1) is 21.6. The summed E-state index contributed by atoms with van der Waals surface area (Å²) in [7, 11) is 0. The highest BCUT2D eigenvalue weighted by molar-refractivity contribution is 8.00. The molecule has 1 fully saturated rings. The van der Waals surface area contributed by atoms with E-state index < -0.39 is 5.25 Å². The predicted octanol–water partition coefficient (Wildman–Crippen LogP) is 4.24. The van der Waals surface area contributed by atoms with E-state index in [1.54, 1.807) is 16.8 Å². The number of anilines is 1. The van der Waals surface area contributed by atoms with Crippen LogP contribution >= 0.6 is 11.8 Å². The molecule has 1 N–H and O–H groups in total. The van der Waals surface area contributed by atoms with Gasteiger partial charge in [-0.15, -0.1) is 0 Å². The summed E-state index contributed by atoms with van der Waals surface area (Å²) in [4.78, 5) is 35.4. The van der Waals surface area contributed by atoms with E-state index in [4.69, 9.17) is 9.72 Å². The van der Waals surface area contributed by atoms with Gasteiger partial charge in [-0.3, -0.25) is 19.1 Å². The highest BCUT2D eigenvalue weighted by Gasteiger charge is 2.23. The Morgan fingerprint density at radius 1 is 1.15 bits per heavy atom. The Morgan fingerprint density at radius 2 is 1.97 bits per heavy atom. The van der Waals surface area contributed by atoms with Gasteiger partial charge in [0.1, 0.15) is 0 Å². The van der Waals surface area contributed by atoms with Crippen LogP contribution in [0.4, 0.5) is 5.69 Å². The van der Waals surface area contributed by atoms with Crippen molar-refractivity contribution in [3.05, 3.63) is 71.1 Å². The second-order valence-electron chi connectivity index (χ2n) is 8.09. The summed E-state index contributed by atoms with van der Waals surface area (Å²) in [5, 5.41) is 4.51. The molecule has 2 aromatic carbocycles. The van der Waals surface area contributed by atoms with Crippen molar-refractivity contribution in [1.29, 1.82) is 0 Å². The first-order valence-corrected chi connectivity index (χ1v) is 11.9. The molecule has 3 heterocycles. The number of thioether (sulfide) groups is 1. The fraction of sp³-hybridized carbons (Fsp3) is 0.280. The standard InChI is InChI=1S/C25H24N4O3S/c1-16(23(30)27-21-12-4-11-20-18(21)9-5-13-26-20)33-25-28-22-10-3-2-8-19(22)24(31)29(25)15-17-7-6-14-32-17/h2-5,8-13,16-17H,6-7,14-15H2,1H3,(H,27,30). The molecule has 1 aliphatic heterocycles. The average molecular weight is 461 g/mol. The molecule has 1 aliphatic rings. The Hall–Kier alpha value is -3.23. The number of carbonyl (C=O) groups is 1. The maximum atomic E-state index is 13.3. The van der Waals surface area contributed by atoms with Crippen LogP contribution in [-0.4, -0.2) is 38.4 Å². The number of ether oxygens (including phenoxy) is 1. The van der Waals surface area contributed by atoms with Crippen LogP contribution in [0.5, 0.6) is 0 Å². The molecule has 0 radical (unpaired) electrons. The number of pyridine rings is 1. The molecule has 1 amide bonds. The zero-order valence-electron chi connectivity index (χ0n) is 18.2. The van der Waals surface area contributed by atoms with Gasteiger partial charge in [-0.25, -0.2) is 4.98 Å². The van der Waals surface area contributed by atoms with Crippen LogP contribution in [0.2, 0.25) is 0 Å². The molecule has 0 spiro atoms. The first-order chi connectivity index (χ1) is 16.1. The third-order valence-corrected chi connectivity index (χ3v) is 6.88. The Kier molecular flexibility index (Phi) is 6.11. The van der Waals surface area contributed by atoms with Crippen molar-refractivity contribution in [2.75, 3.05) is 11.9 Å². The molecule has 0 saturated carbocycles. The van der Waals surface area contributed by atoms with Gasteiger partial charge in [0, 0.05) is 18.2 Å². The number of nitrogens with one attached hydrogen (secondary N) is 1. The topological polar surface area (TPSA) is 86.1 Å². The smallest absolute Gasteiger partial charge is 0.262 e. The lowest BCUT2D eigenvalue weighted by Crippen LogP contribution is -2.30. The molecule has 2 unspecified atom stereocenters. The summed E-state index contributed by atoms with van der Waals surface area (Å²) >= 11 is 1.28. The molecule has 8 heteroatoms. The monoisotopic (exact) mass is 460 g/mol. The van der Waals surface area contributed by atoms with Crippen LogP contribution in [0.25, 0.3) is 21.8 Å². The number of nitrogens with zero attached hydrogens (tertiary/aromatic N) is 3. The summed E-state index contributed by atoms with van der Waals surface area (Å²) in [6, 6.07) is 16.7. The maximum absolute atomic E-state index is 13.3. The van der Waals surface area contributed by atoms with Crippen molar-refractivity contribution in [2.45, 2.75) is 42.8 Å². The van der Waals surface area contributed by atoms with Crippen LogP contribution < -0.4 is 10.9 Å². The number of hydrogen-bond acceptors (Lipinski definition) is 6. The van der Waals surface area contributed by atoms with E-state index in [0.29, 0.717) is 34.9 Å². The lowest BCUT2D eigenvalue weighted by Gasteiger charge is -2.18. The quantitative estimate of drug-likeness (QED) is 0.342. The number of hydrogen-bond donors (Lipinski definition) is 1. The van der Waals surface area contributed by atoms with E-state index in [9.17, 15) is 9.59 Å². The average Bonchev–Trinajstić information content (AvgIpc) is 3.35. The van der Waals surface area contributed by atoms with Gasteiger partial charge in [-0.2, -0.15) is 0 Å². The Balaban J connectivity index is 1.43. The van der Waals surface area contributed by atoms with Crippen LogP contribution in [0.15, 0.2) is 70.7 Å². The molecule has 0 bridgehead atoms. The minimum absolute atomic E-state index is 0.0164. The van der Waals surface area contributed by atoms with Crippen molar-refractivity contribution >= 4 is 45.2 Å². The lowest BCUT2D eigenvalue weighted by atomic mass is 10.2. The summed E-state index contributed by atoms with van der Waals surface area (Å²) in [6.07, 6.45) is 3.61. The zero-order valence-corrected chi connectivity index (χ0v) is 19.0. The van der Waals surface area contributed by atoms with Gasteiger partial charge in [0.2, 0.25) is 5.91 Å². The van der Waals surface area contributed by atoms with E-state index in [-0.39, 0.29) is 17.6 Å². The Bertz CT molecular complexity index is 1380. The molecule has 5 rings (SSSR count). The number of fused-ring (bicyclic) bond motifs is 2. The fourth-order valence-electron chi connectivity index (χ4n) is 4.05. The zero-order chi connectivity index (χ0) is 22.8. The Morgan fingerprint density at radius 3 is 2.82 bits per heavy atom. The summed E-state index contributed by atoms with van der Waals surface area (Å²) < 4.78 is 7.43. The number of aromatic nitrogens is 3. The molecular weight excluding hydrogens is 436 g/mol. The minimum atomic E-state index is -0.472. The molecule has 2 aromatic heterocycles. The van der Waals surface area contributed by atoms with Gasteiger partial charge in [0.25, 0.3) is 5.56 Å². The van der Waals surface area contributed by atoms with Crippen molar-refractivity contribution in [1.82, 2.24) is 14.5 Å². The molecule has 4 aromatic rings. The third-order valence-electron chi connectivity index (χ3n) is 5.79. The third kappa shape index (κ3) is 4.49. The number of benzene rings is 2. The summed E-state index contributed by atoms with van der Waals surface area (Å²) in [5.41, 5.74) is 2.05.